The first-order chi connectivity index (χ1) is 16.8. The lowest BCUT2D eigenvalue weighted by molar-refractivity contribution is 0.0899. The molecular weight excluding hydrogens is 542 g/mol. The molecule has 5 heterocycles. The van der Waals surface area contributed by atoms with Crippen LogP contribution in [0, 0.1) is 0 Å². The molecule has 0 amide bonds. The highest BCUT2D eigenvalue weighted by Gasteiger charge is 2.23. The van der Waals surface area contributed by atoms with Gasteiger partial charge in [0.2, 0.25) is 0 Å². The molecule has 4 aromatic heterocycles. The summed E-state index contributed by atoms with van der Waals surface area (Å²) >= 11 is 5.16. The lowest BCUT2D eigenvalue weighted by Crippen LogP contribution is -2.34. The highest BCUT2D eigenvalue weighted by molar-refractivity contribution is 9.11. The van der Waals surface area contributed by atoms with Gasteiger partial charge in [0.05, 0.1) is 10.9 Å². The number of fused-ring (bicyclic) bond motifs is 3. The van der Waals surface area contributed by atoms with Crippen molar-refractivity contribution < 1.29 is 4.74 Å². The Morgan fingerprint density at radius 1 is 1.11 bits per heavy atom. The second-order valence-electron chi connectivity index (χ2n) is 10.6. The van der Waals surface area contributed by atoms with E-state index in [2.05, 4.69) is 65.6 Å². The van der Waals surface area contributed by atoms with E-state index in [1.807, 2.05) is 18.6 Å². The lowest BCUT2D eigenvalue weighted by Gasteiger charge is -2.33. The summed E-state index contributed by atoms with van der Waals surface area (Å²) in [4.78, 5) is 25.5. The largest absolute Gasteiger partial charge is 0.361 e. The maximum atomic E-state index is 12.7. The Morgan fingerprint density at radius 2 is 1.91 bits per heavy atom. The molecule has 10 heteroatoms. The van der Waals surface area contributed by atoms with E-state index in [1.165, 1.54) is 4.88 Å². The molecule has 1 saturated heterocycles. The topological polar surface area (TPSA) is 65.2 Å². The molecule has 0 aliphatic carbocycles. The minimum Gasteiger partial charge on any atom is -0.361 e. The van der Waals surface area contributed by atoms with Gasteiger partial charge in [0.1, 0.15) is 12.4 Å². The third-order valence-electron chi connectivity index (χ3n) is 6.75. The lowest BCUT2D eigenvalue weighted by atomic mass is 10.0. The van der Waals surface area contributed by atoms with Gasteiger partial charge in [-0.1, -0.05) is 19.6 Å². The summed E-state index contributed by atoms with van der Waals surface area (Å²) in [6, 6.07) is 5.26. The van der Waals surface area contributed by atoms with Crippen LogP contribution in [0.15, 0.2) is 45.6 Å². The van der Waals surface area contributed by atoms with Gasteiger partial charge < -0.3 is 13.9 Å². The molecule has 186 valence electrons. The number of likely N-dealkylation sites (tertiary alicyclic amines) is 1. The number of thiazole rings is 1. The van der Waals surface area contributed by atoms with Gasteiger partial charge in [-0.15, -0.1) is 11.3 Å². The normalized spacial score (nSPS) is 16.0. The molecule has 1 aliphatic heterocycles. The van der Waals surface area contributed by atoms with Gasteiger partial charge in [-0.05, 0) is 40.9 Å². The van der Waals surface area contributed by atoms with Crippen LogP contribution in [0.5, 0.6) is 0 Å². The molecule has 7 nitrogen and oxygen atoms in total. The van der Waals surface area contributed by atoms with Crippen molar-refractivity contribution in [1.82, 2.24) is 24.0 Å². The molecule has 0 radical (unpaired) electrons. The maximum Gasteiger partial charge on any atom is 0.190 e. The number of halogens is 1. The van der Waals surface area contributed by atoms with Crippen LogP contribution in [0.3, 0.4) is 0 Å². The highest BCUT2D eigenvalue weighted by Crippen LogP contribution is 2.31. The monoisotopic (exact) mass is 573 g/mol. The van der Waals surface area contributed by atoms with Gasteiger partial charge in [0.15, 0.2) is 9.35 Å². The summed E-state index contributed by atoms with van der Waals surface area (Å²) in [7, 11) is -1.12. The molecule has 1 fully saturated rings. The standard InChI is InChI=1S/C25H32BrN5O2SSi/c1-35(2,3)13-12-33-17-30-10-6-20-23-21(15-27-24(20)30)22(32)7-11-31(23)18-4-8-29(9-5-18)16-19-14-28-25(26)34-19/h6-7,10-11,14-15,18H,4-5,8-9,12-13,16-17H2,1-3H3. The van der Waals surface area contributed by atoms with Crippen molar-refractivity contribution in [3.63, 3.8) is 0 Å². The van der Waals surface area contributed by atoms with Gasteiger partial charge in [0.25, 0.3) is 0 Å². The average Bonchev–Trinajstić information content (AvgIpc) is 3.43. The summed E-state index contributed by atoms with van der Waals surface area (Å²) in [6.07, 6.45) is 9.80. The van der Waals surface area contributed by atoms with Crippen LogP contribution in [0.25, 0.3) is 21.9 Å². The van der Waals surface area contributed by atoms with Crippen LogP contribution in [0.2, 0.25) is 25.7 Å². The van der Waals surface area contributed by atoms with Crippen molar-refractivity contribution in [2.75, 3.05) is 19.7 Å². The summed E-state index contributed by atoms with van der Waals surface area (Å²) in [5, 5.41) is 1.71. The molecule has 5 rings (SSSR count). The fourth-order valence-electron chi connectivity index (χ4n) is 4.78. The Hall–Kier alpha value is -1.85. The first-order valence-electron chi connectivity index (χ1n) is 12.2. The number of nitrogens with zero attached hydrogens (tertiary/aromatic N) is 5. The van der Waals surface area contributed by atoms with E-state index in [4.69, 9.17) is 4.74 Å². The van der Waals surface area contributed by atoms with Crippen molar-refractivity contribution in [3.8, 4) is 0 Å². The Kier molecular flexibility index (Phi) is 7.27. The second kappa shape index (κ2) is 10.3. The predicted octanol–water partition coefficient (Wildman–Crippen LogP) is 5.72. The van der Waals surface area contributed by atoms with Gasteiger partial charge >= 0.3 is 0 Å². The highest BCUT2D eigenvalue weighted by atomic mass is 79.9. The van der Waals surface area contributed by atoms with Crippen LogP contribution >= 0.6 is 27.3 Å². The molecule has 0 N–H and O–H groups in total. The first kappa shape index (κ1) is 24.8. The molecule has 4 aromatic rings. The summed E-state index contributed by atoms with van der Waals surface area (Å²) < 4.78 is 11.3. The molecule has 0 saturated carbocycles. The summed E-state index contributed by atoms with van der Waals surface area (Å²) in [5.41, 5.74) is 1.89. The van der Waals surface area contributed by atoms with E-state index in [0.717, 1.165) is 65.6 Å². The number of aromatic nitrogens is 4. The van der Waals surface area contributed by atoms with E-state index in [0.29, 0.717) is 18.2 Å². The smallest absolute Gasteiger partial charge is 0.190 e. The van der Waals surface area contributed by atoms with Gasteiger partial charge in [0, 0.05) is 81.5 Å². The number of ether oxygens (including phenoxy) is 1. The average molecular weight is 575 g/mol. The molecule has 0 unspecified atom stereocenters. The van der Waals surface area contributed by atoms with Crippen LogP contribution in [-0.2, 0) is 18.0 Å². The van der Waals surface area contributed by atoms with Crippen molar-refractivity contribution in [1.29, 1.82) is 0 Å². The number of hydrogen-bond acceptors (Lipinski definition) is 6. The summed E-state index contributed by atoms with van der Waals surface area (Å²) in [5.74, 6) is 0. The van der Waals surface area contributed by atoms with Crippen molar-refractivity contribution in [3.05, 3.63) is 55.9 Å². The van der Waals surface area contributed by atoms with E-state index in [1.54, 1.807) is 23.6 Å². The fraction of sp³-hybridized carbons (Fsp3) is 0.480. The molecule has 0 atom stereocenters. The molecule has 1 aliphatic rings. The Bertz CT molecular complexity index is 1380. The van der Waals surface area contributed by atoms with Crippen LogP contribution in [0.1, 0.15) is 23.8 Å². The SMILES string of the molecule is C[Si](C)(C)CCOCn1ccc2c1ncc1c(=O)ccn(C3CCN(Cc4cnc(Br)s4)CC3)c12. The summed E-state index contributed by atoms with van der Waals surface area (Å²) in [6.45, 7) is 11.3. The van der Waals surface area contributed by atoms with E-state index in [9.17, 15) is 4.79 Å². The van der Waals surface area contributed by atoms with E-state index >= 15 is 0 Å². The fourth-order valence-corrected chi connectivity index (χ4v) is 6.94. The maximum absolute atomic E-state index is 12.7. The van der Waals surface area contributed by atoms with Gasteiger partial charge in [-0.3, -0.25) is 9.69 Å². The van der Waals surface area contributed by atoms with E-state index in [-0.39, 0.29) is 5.43 Å². The third kappa shape index (κ3) is 5.61. The molecular formula is C25H32BrN5O2SSi. The molecule has 35 heavy (non-hydrogen) atoms. The zero-order valence-electron chi connectivity index (χ0n) is 20.5. The number of piperidine rings is 1. The van der Waals surface area contributed by atoms with Gasteiger partial charge in [-0.25, -0.2) is 9.97 Å². The zero-order valence-corrected chi connectivity index (χ0v) is 23.9. The van der Waals surface area contributed by atoms with Crippen LogP contribution in [0.4, 0.5) is 0 Å². The number of hydrogen-bond donors (Lipinski definition) is 0. The van der Waals surface area contributed by atoms with Crippen LogP contribution in [-0.4, -0.2) is 51.8 Å². The third-order valence-corrected chi connectivity index (χ3v) is 9.92. The van der Waals surface area contributed by atoms with Crippen molar-refractivity contribution in [2.24, 2.45) is 0 Å². The minimum atomic E-state index is -1.12. The zero-order chi connectivity index (χ0) is 24.6. The predicted molar refractivity (Wildman–Crippen MR) is 149 cm³/mol. The minimum absolute atomic E-state index is 0.0259. The molecule has 0 bridgehead atoms. The molecule has 0 spiro atoms. The van der Waals surface area contributed by atoms with Gasteiger partial charge in [-0.2, -0.15) is 0 Å². The van der Waals surface area contributed by atoms with Crippen LogP contribution < -0.4 is 5.43 Å². The Balaban J connectivity index is 1.37. The quantitative estimate of drug-likeness (QED) is 0.199. The number of pyridine rings is 2. The first-order valence-corrected chi connectivity index (χ1v) is 17.5. The van der Waals surface area contributed by atoms with E-state index < -0.39 is 8.07 Å². The van der Waals surface area contributed by atoms with Crippen molar-refractivity contribution in [2.45, 2.75) is 57.8 Å². The Morgan fingerprint density at radius 3 is 2.63 bits per heavy atom. The van der Waals surface area contributed by atoms with Crippen molar-refractivity contribution >= 4 is 57.3 Å². The number of rotatable bonds is 8. The Labute approximate surface area is 218 Å². The molecule has 0 aromatic carbocycles. The second-order valence-corrected chi connectivity index (χ2v) is 18.6.